The Hall–Kier alpha value is -0.860. The maximum atomic E-state index is 10.4. The van der Waals surface area contributed by atoms with Crippen LogP contribution in [-0.4, -0.2) is 29.6 Å². The van der Waals surface area contributed by atoms with Gasteiger partial charge in [-0.1, -0.05) is 44.2 Å². The van der Waals surface area contributed by atoms with Gasteiger partial charge in [0, 0.05) is 13.1 Å². The van der Waals surface area contributed by atoms with E-state index in [2.05, 4.69) is 18.7 Å². The Bertz CT molecular complexity index is 347. The number of hydrogen-bond acceptors (Lipinski definition) is 2. The van der Waals surface area contributed by atoms with Crippen molar-refractivity contribution < 1.29 is 5.11 Å². The molecule has 18 heavy (non-hydrogen) atoms. The first kappa shape index (κ1) is 13.6. The zero-order valence-electron chi connectivity index (χ0n) is 11.5. The smallest absolute Gasteiger partial charge is 0.0827 e. The molecule has 2 unspecified atom stereocenters. The minimum Gasteiger partial charge on any atom is -0.388 e. The lowest BCUT2D eigenvalue weighted by molar-refractivity contribution is 0.0882. The maximum absolute atomic E-state index is 10.4. The third-order valence-electron chi connectivity index (χ3n) is 3.89. The molecule has 2 heteroatoms. The summed E-state index contributed by atoms with van der Waals surface area (Å²) in [7, 11) is 0. The Balaban J connectivity index is 1.87. The van der Waals surface area contributed by atoms with Gasteiger partial charge in [-0.15, -0.1) is 0 Å². The fourth-order valence-corrected chi connectivity index (χ4v) is 2.48. The second kappa shape index (κ2) is 6.35. The predicted molar refractivity (Wildman–Crippen MR) is 75.4 cm³/mol. The van der Waals surface area contributed by atoms with E-state index < -0.39 is 0 Å². The molecule has 0 saturated heterocycles. The average molecular weight is 247 g/mol. The SMILES string of the molecule is CCN(CC1CC1)CC(C)C(O)c1ccccc1. The summed E-state index contributed by atoms with van der Waals surface area (Å²) in [5.74, 6) is 1.21. The molecule has 1 fully saturated rings. The lowest BCUT2D eigenvalue weighted by Gasteiger charge is -2.27. The molecular weight excluding hydrogens is 222 g/mol. The van der Waals surface area contributed by atoms with E-state index in [-0.39, 0.29) is 12.0 Å². The van der Waals surface area contributed by atoms with Crippen LogP contribution in [0.15, 0.2) is 30.3 Å². The van der Waals surface area contributed by atoms with E-state index in [0.717, 1.165) is 24.6 Å². The minimum atomic E-state index is -0.348. The van der Waals surface area contributed by atoms with Gasteiger partial charge in [0.15, 0.2) is 0 Å². The molecule has 1 aromatic carbocycles. The number of benzene rings is 1. The largest absolute Gasteiger partial charge is 0.388 e. The lowest BCUT2D eigenvalue weighted by atomic mass is 9.97. The summed E-state index contributed by atoms with van der Waals surface area (Å²) >= 11 is 0. The highest BCUT2D eigenvalue weighted by atomic mass is 16.3. The number of hydrogen-bond donors (Lipinski definition) is 1. The second-order valence-electron chi connectivity index (χ2n) is 5.63. The normalized spacial score (nSPS) is 18.9. The van der Waals surface area contributed by atoms with Gasteiger partial charge in [0.2, 0.25) is 0 Å². The van der Waals surface area contributed by atoms with Gasteiger partial charge in [-0.3, -0.25) is 0 Å². The van der Waals surface area contributed by atoms with Gasteiger partial charge in [0.25, 0.3) is 0 Å². The molecule has 2 nitrogen and oxygen atoms in total. The van der Waals surface area contributed by atoms with Crippen LogP contribution in [0.25, 0.3) is 0 Å². The van der Waals surface area contributed by atoms with Crippen LogP contribution in [0, 0.1) is 11.8 Å². The van der Waals surface area contributed by atoms with Crippen molar-refractivity contribution in [3.8, 4) is 0 Å². The fourth-order valence-electron chi connectivity index (χ4n) is 2.48. The van der Waals surface area contributed by atoms with Crippen molar-refractivity contribution in [2.24, 2.45) is 11.8 Å². The van der Waals surface area contributed by atoms with Crippen LogP contribution >= 0.6 is 0 Å². The first-order valence-electron chi connectivity index (χ1n) is 7.16. The zero-order chi connectivity index (χ0) is 13.0. The predicted octanol–water partition coefficient (Wildman–Crippen LogP) is 3.09. The summed E-state index contributed by atoms with van der Waals surface area (Å²) in [6.07, 6.45) is 2.44. The summed E-state index contributed by atoms with van der Waals surface area (Å²) in [6, 6.07) is 10.0. The summed E-state index contributed by atoms with van der Waals surface area (Å²) in [4.78, 5) is 2.48. The van der Waals surface area contributed by atoms with Gasteiger partial charge in [-0.25, -0.2) is 0 Å². The van der Waals surface area contributed by atoms with E-state index in [4.69, 9.17) is 0 Å². The van der Waals surface area contributed by atoms with Gasteiger partial charge in [-0.2, -0.15) is 0 Å². The molecule has 0 aromatic heterocycles. The first-order valence-corrected chi connectivity index (χ1v) is 7.16. The molecule has 0 spiro atoms. The monoisotopic (exact) mass is 247 g/mol. The molecule has 0 bridgehead atoms. The molecule has 100 valence electrons. The number of nitrogens with zero attached hydrogens (tertiary/aromatic N) is 1. The Morgan fingerprint density at radius 3 is 2.50 bits per heavy atom. The maximum Gasteiger partial charge on any atom is 0.0827 e. The topological polar surface area (TPSA) is 23.5 Å². The Kier molecular flexibility index (Phi) is 4.79. The van der Waals surface area contributed by atoms with Crippen LogP contribution in [0.4, 0.5) is 0 Å². The Morgan fingerprint density at radius 2 is 1.94 bits per heavy atom. The highest BCUT2D eigenvalue weighted by Crippen LogP contribution is 2.30. The zero-order valence-corrected chi connectivity index (χ0v) is 11.5. The summed E-state index contributed by atoms with van der Waals surface area (Å²) in [5.41, 5.74) is 1.03. The van der Waals surface area contributed by atoms with Crippen LogP contribution in [0.5, 0.6) is 0 Å². The van der Waals surface area contributed by atoms with E-state index in [9.17, 15) is 5.11 Å². The molecule has 0 radical (unpaired) electrons. The van der Waals surface area contributed by atoms with Crippen molar-refractivity contribution >= 4 is 0 Å². The fraction of sp³-hybridized carbons (Fsp3) is 0.625. The van der Waals surface area contributed by atoms with E-state index in [0.29, 0.717) is 0 Å². The average Bonchev–Trinajstić information content (AvgIpc) is 3.22. The van der Waals surface area contributed by atoms with Gasteiger partial charge >= 0.3 is 0 Å². The third-order valence-corrected chi connectivity index (χ3v) is 3.89. The highest BCUT2D eigenvalue weighted by molar-refractivity contribution is 5.17. The van der Waals surface area contributed by atoms with Crippen LogP contribution < -0.4 is 0 Å². The summed E-state index contributed by atoms with van der Waals surface area (Å²) < 4.78 is 0. The molecule has 1 aliphatic carbocycles. The molecule has 1 aromatic rings. The highest BCUT2D eigenvalue weighted by Gasteiger charge is 2.25. The molecule has 1 aliphatic rings. The molecular formula is C16H25NO. The van der Waals surface area contributed by atoms with Crippen molar-refractivity contribution in [1.82, 2.24) is 4.90 Å². The van der Waals surface area contributed by atoms with Crippen molar-refractivity contribution in [1.29, 1.82) is 0 Å². The minimum absolute atomic E-state index is 0.283. The van der Waals surface area contributed by atoms with Crippen molar-refractivity contribution in [2.75, 3.05) is 19.6 Å². The number of rotatable bonds is 7. The van der Waals surface area contributed by atoms with Crippen LogP contribution in [0.2, 0.25) is 0 Å². The summed E-state index contributed by atoms with van der Waals surface area (Å²) in [5, 5.41) is 10.4. The van der Waals surface area contributed by atoms with Gasteiger partial charge in [-0.05, 0) is 36.8 Å². The van der Waals surface area contributed by atoms with Gasteiger partial charge in [0.05, 0.1) is 6.10 Å². The quantitative estimate of drug-likeness (QED) is 0.800. The molecule has 1 saturated carbocycles. The van der Waals surface area contributed by atoms with E-state index >= 15 is 0 Å². The Morgan fingerprint density at radius 1 is 1.28 bits per heavy atom. The van der Waals surface area contributed by atoms with Crippen molar-refractivity contribution in [2.45, 2.75) is 32.8 Å². The van der Waals surface area contributed by atoms with Gasteiger partial charge < -0.3 is 10.0 Å². The van der Waals surface area contributed by atoms with Gasteiger partial charge in [0.1, 0.15) is 0 Å². The molecule has 2 rings (SSSR count). The lowest BCUT2D eigenvalue weighted by Crippen LogP contribution is -2.32. The van der Waals surface area contributed by atoms with E-state index in [1.165, 1.54) is 19.4 Å². The third kappa shape index (κ3) is 3.82. The van der Waals surface area contributed by atoms with Crippen LogP contribution in [-0.2, 0) is 0 Å². The molecule has 0 heterocycles. The van der Waals surface area contributed by atoms with Crippen LogP contribution in [0.1, 0.15) is 38.4 Å². The first-order chi connectivity index (χ1) is 8.70. The molecule has 1 N–H and O–H groups in total. The molecule has 0 amide bonds. The number of aliphatic hydroxyl groups excluding tert-OH is 1. The summed E-state index contributed by atoms with van der Waals surface area (Å²) in [6.45, 7) is 7.64. The number of aliphatic hydroxyl groups is 1. The molecule has 0 aliphatic heterocycles. The van der Waals surface area contributed by atoms with E-state index in [1.54, 1.807) is 0 Å². The molecule has 2 atom stereocenters. The second-order valence-corrected chi connectivity index (χ2v) is 5.63. The standard InChI is InChI=1S/C16H25NO/c1-3-17(12-14-9-10-14)11-13(2)16(18)15-7-5-4-6-8-15/h4-8,13-14,16,18H,3,9-12H2,1-2H3. The Labute approximate surface area is 111 Å². The van der Waals surface area contributed by atoms with E-state index in [1.807, 2.05) is 30.3 Å². The van der Waals surface area contributed by atoms with Crippen molar-refractivity contribution in [3.05, 3.63) is 35.9 Å². The van der Waals surface area contributed by atoms with Crippen molar-refractivity contribution in [3.63, 3.8) is 0 Å². The van der Waals surface area contributed by atoms with Crippen LogP contribution in [0.3, 0.4) is 0 Å².